The van der Waals surface area contributed by atoms with E-state index in [2.05, 4.69) is 24.1 Å². The molecule has 4 heteroatoms. The molecule has 3 atom stereocenters. The van der Waals surface area contributed by atoms with Crippen molar-refractivity contribution in [3.05, 3.63) is 0 Å². The Bertz CT molecular complexity index is 264. The predicted octanol–water partition coefficient (Wildman–Crippen LogP) is 1.15. The van der Waals surface area contributed by atoms with Crippen LogP contribution in [0.1, 0.15) is 39.5 Å². The molecular formula is C13H24N2O2. The molecule has 0 aromatic carbocycles. The van der Waals surface area contributed by atoms with Gasteiger partial charge in [0.25, 0.3) is 0 Å². The van der Waals surface area contributed by atoms with Crippen LogP contribution in [-0.4, -0.2) is 48.7 Å². The first-order valence-electron chi connectivity index (χ1n) is 6.84. The Morgan fingerprint density at radius 3 is 2.94 bits per heavy atom. The van der Waals surface area contributed by atoms with Gasteiger partial charge in [-0.15, -0.1) is 0 Å². The van der Waals surface area contributed by atoms with Crippen LogP contribution in [0.4, 0.5) is 0 Å². The van der Waals surface area contributed by atoms with Gasteiger partial charge in [-0.25, -0.2) is 0 Å². The highest BCUT2D eigenvalue weighted by molar-refractivity contribution is 5.77. The summed E-state index contributed by atoms with van der Waals surface area (Å²) < 4.78 is 5.39. The molecule has 0 saturated carbocycles. The number of nitrogens with zero attached hydrogens (tertiary/aromatic N) is 1. The van der Waals surface area contributed by atoms with Crippen molar-refractivity contribution in [1.82, 2.24) is 10.2 Å². The fraction of sp³-hybridized carbons (Fsp3) is 0.923. The van der Waals surface area contributed by atoms with Crippen LogP contribution in [0.15, 0.2) is 0 Å². The first kappa shape index (κ1) is 12.8. The summed E-state index contributed by atoms with van der Waals surface area (Å²) in [5.41, 5.74) is 0. The monoisotopic (exact) mass is 240 g/mol. The fourth-order valence-electron chi connectivity index (χ4n) is 2.99. The van der Waals surface area contributed by atoms with Gasteiger partial charge in [0.2, 0.25) is 5.91 Å². The molecule has 1 N–H and O–H groups in total. The second-order valence-corrected chi connectivity index (χ2v) is 5.22. The average molecular weight is 240 g/mol. The summed E-state index contributed by atoms with van der Waals surface area (Å²) in [6.07, 6.45) is 3.97. The highest BCUT2D eigenvalue weighted by atomic mass is 16.5. The zero-order valence-corrected chi connectivity index (χ0v) is 10.9. The second kappa shape index (κ2) is 5.83. The summed E-state index contributed by atoms with van der Waals surface area (Å²) in [6, 6.07) is 1.08. The van der Waals surface area contributed by atoms with E-state index in [1.165, 1.54) is 0 Å². The minimum Gasteiger partial charge on any atom is -0.378 e. The molecular weight excluding hydrogens is 216 g/mol. The topological polar surface area (TPSA) is 41.6 Å². The molecule has 17 heavy (non-hydrogen) atoms. The number of carbonyl (C=O) groups excluding carboxylic acids is 1. The predicted molar refractivity (Wildman–Crippen MR) is 66.8 cm³/mol. The third kappa shape index (κ3) is 2.99. The Morgan fingerprint density at radius 2 is 2.29 bits per heavy atom. The molecule has 2 aliphatic rings. The van der Waals surface area contributed by atoms with Gasteiger partial charge in [0.1, 0.15) is 0 Å². The van der Waals surface area contributed by atoms with Crippen molar-refractivity contribution in [2.75, 3.05) is 19.8 Å². The standard InChI is InChI=1S/C13H24N2O2/c1-3-12-5-4-10(2)15(12)13(16)8-11-9-17-7-6-14-11/h10-12,14H,3-9H2,1-2H3. The third-order valence-electron chi connectivity index (χ3n) is 3.96. The Morgan fingerprint density at radius 1 is 1.47 bits per heavy atom. The van der Waals surface area contributed by atoms with Crippen molar-refractivity contribution in [2.24, 2.45) is 0 Å². The van der Waals surface area contributed by atoms with E-state index in [0.717, 1.165) is 32.4 Å². The van der Waals surface area contributed by atoms with E-state index in [-0.39, 0.29) is 6.04 Å². The molecule has 3 unspecified atom stereocenters. The summed E-state index contributed by atoms with van der Waals surface area (Å²) in [5.74, 6) is 0.296. The zero-order valence-electron chi connectivity index (χ0n) is 10.9. The molecule has 2 heterocycles. The van der Waals surface area contributed by atoms with Crippen LogP contribution in [0.25, 0.3) is 0 Å². The minimum absolute atomic E-state index is 0.210. The van der Waals surface area contributed by atoms with Gasteiger partial charge >= 0.3 is 0 Å². The summed E-state index contributed by atoms with van der Waals surface area (Å²) >= 11 is 0. The molecule has 2 aliphatic heterocycles. The highest BCUT2D eigenvalue weighted by Crippen LogP contribution is 2.26. The molecule has 0 bridgehead atoms. The van der Waals surface area contributed by atoms with Crippen LogP contribution in [0, 0.1) is 0 Å². The van der Waals surface area contributed by atoms with E-state index in [4.69, 9.17) is 4.74 Å². The van der Waals surface area contributed by atoms with Crippen molar-refractivity contribution in [2.45, 2.75) is 57.7 Å². The third-order valence-corrected chi connectivity index (χ3v) is 3.96. The van der Waals surface area contributed by atoms with Gasteiger partial charge in [0, 0.05) is 31.1 Å². The van der Waals surface area contributed by atoms with Crippen LogP contribution in [0.5, 0.6) is 0 Å². The van der Waals surface area contributed by atoms with E-state index in [1.54, 1.807) is 0 Å². The van der Waals surface area contributed by atoms with E-state index in [0.29, 0.717) is 31.0 Å². The van der Waals surface area contributed by atoms with E-state index in [9.17, 15) is 4.79 Å². The van der Waals surface area contributed by atoms with Crippen LogP contribution >= 0.6 is 0 Å². The van der Waals surface area contributed by atoms with Crippen LogP contribution < -0.4 is 5.32 Å². The van der Waals surface area contributed by atoms with Crippen LogP contribution in [0.3, 0.4) is 0 Å². The molecule has 98 valence electrons. The van der Waals surface area contributed by atoms with E-state index in [1.807, 2.05) is 0 Å². The maximum Gasteiger partial charge on any atom is 0.224 e. The molecule has 2 rings (SSSR count). The maximum atomic E-state index is 12.3. The summed E-state index contributed by atoms with van der Waals surface area (Å²) in [5, 5.41) is 3.35. The van der Waals surface area contributed by atoms with Gasteiger partial charge in [-0.2, -0.15) is 0 Å². The van der Waals surface area contributed by atoms with Crippen LogP contribution in [0.2, 0.25) is 0 Å². The van der Waals surface area contributed by atoms with E-state index >= 15 is 0 Å². The highest BCUT2D eigenvalue weighted by Gasteiger charge is 2.33. The second-order valence-electron chi connectivity index (χ2n) is 5.22. The van der Waals surface area contributed by atoms with Crippen molar-refractivity contribution >= 4 is 5.91 Å². The number of rotatable bonds is 3. The lowest BCUT2D eigenvalue weighted by atomic mass is 10.1. The lowest BCUT2D eigenvalue weighted by molar-refractivity contribution is -0.135. The van der Waals surface area contributed by atoms with Gasteiger partial charge < -0.3 is 15.0 Å². The molecule has 4 nitrogen and oxygen atoms in total. The number of likely N-dealkylation sites (tertiary alicyclic amines) is 1. The Hall–Kier alpha value is -0.610. The summed E-state index contributed by atoms with van der Waals surface area (Å²) in [6.45, 7) is 6.64. The molecule has 2 fully saturated rings. The van der Waals surface area contributed by atoms with Gasteiger partial charge in [0.05, 0.1) is 13.2 Å². The maximum absolute atomic E-state index is 12.3. The number of nitrogens with one attached hydrogen (secondary N) is 1. The lowest BCUT2D eigenvalue weighted by Crippen LogP contribution is -2.47. The number of amides is 1. The van der Waals surface area contributed by atoms with E-state index < -0.39 is 0 Å². The van der Waals surface area contributed by atoms with Crippen molar-refractivity contribution < 1.29 is 9.53 Å². The summed E-state index contributed by atoms with van der Waals surface area (Å²) in [4.78, 5) is 14.4. The number of morpholine rings is 1. The molecule has 0 aliphatic carbocycles. The van der Waals surface area contributed by atoms with Crippen LogP contribution in [-0.2, 0) is 9.53 Å². The largest absolute Gasteiger partial charge is 0.378 e. The molecule has 2 saturated heterocycles. The van der Waals surface area contributed by atoms with Gasteiger partial charge in [-0.1, -0.05) is 6.92 Å². The quantitative estimate of drug-likeness (QED) is 0.804. The number of ether oxygens (including phenoxy) is 1. The molecule has 0 aromatic rings. The van der Waals surface area contributed by atoms with Crippen molar-refractivity contribution in [3.8, 4) is 0 Å². The van der Waals surface area contributed by atoms with Crippen molar-refractivity contribution in [1.29, 1.82) is 0 Å². The first-order valence-corrected chi connectivity index (χ1v) is 6.84. The SMILES string of the molecule is CCC1CCC(C)N1C(=O)CC1COCCN1. The number of hydrogen-bond donors (Lipinski definition) is 1. The Labute approximate surface area is 104 Å². The van der Waals surface area contributed by atoms with Gasteiger partial charge in [0.15, 0.2) is 0 Å². The fourth-order valence-corrected chi connectivity index (χ4v) is 2.99. The van der Waals surface area contributed by atoms with Crippen molar-refractivity contribution in [3.63, 3.8) is 0 Å². The molecule has 0 spiro atoms. The number of carbonyl (C=O) groups is 1. The Balaban J connectivity index is 1.89. The first-order chi connectivity index (χ1) is 8.22. The number of hydrogen-bond acceptors (Lipinski definition) is 3. The normalized spacial score (nSPS) is 34.0. The molecule has 0 aromatic heterocycles. The Kier molecular flexibility index (Phi) is 4.40. The van der Waals surface area contributed by atoms with Gasteiger partial charge in [-0.05, 0) is 26.2 Å². The lowest BCUT2D eigenvalue weighted by Gasteiger charge is -2.31. The smallest absolute Gasteiger partial charge is 0.224 e. The van der Waals surface area contributed by atoms with Gasteiger partial charge in [-0.3, -0.25) is 4.79 Å². The minimum atomic E-state index is 0.210. The summed E-state index contributed by atoms with van der Waals surface area (Å²) in [7, 11) is 0. The average Bonchev–Trinajstić information content (AvgIpc) is 2.71. The molecule has 0 radical (unpaired) electrons. The molecule has 1 amide bonds. The zero-order chi connectivity index (χ0) is 12.3.